The Morgan fingerprint density at radius 3 is 2.28 bits per heavy atom. The van der Waals surface area contributed by atoms with Crippen LogP contribution in [0.25, 0.3) is 5.69 Å². The van der Waals surface area contributed by atoms with Crippen molar-refractivity contribution in [3.63, 3.8) is 0 Å². The van der Waals surface area contributed by atoms with Crippen molar-refractivity contribution in [1.29, 1.82) is 0 Å². The summed E-state index contributed by atoms with van der Waals surface area (Å²) in [7, 11) is 0. The number of halogens is 3. The summed E-state index contributed by atoms with van der Waals surface area (Å²) in [6, 6.07) is 4.84. The molecule has 1 aromatic carbocycles. The first-order chi connectivity index (χ1) is 8.41. The number of nitrogens with zero attached hydrogens (tertiary/aromatic N) is 2. The van der Waals surface area contributed by atoms with Crippen LogP contribution in [-0.4, -0.2) is 9.78 Å². The van der Waals surface area contributed by atoms with E-state index in [0.717, 1.165) is 23.4 Å². The van der Waals surface area contributed by atoms with Gasteiger partial charge in [0.2, 0.25) is 0 Å². The molecule has 96 valence electrons. The molecule has 0 radical (unpaired) electrons. The van der Waals surface area contributed by atoms with Crippen LogP contribution < -0.4 is 5.73 Å². The Kier molecular flexibility index (Phi) is 3.13. The maximum atomic E-state index is 12.4. The van der Waals surface area contributed by atoms with Gasteiger partial charge in [-0.2, -0.15) is 18.3 Å². The van der Waals surface area contributed by atoms with Gasteiger partial charge < -0.3 is 5.73 Å². The molecule has 1 heterocycles. The van der Waals surface area contributed by atoms with E-state index in [4.69, 9.17) is 5.73 Å². The lowest BCUT2D eigenvalue weighted by atomic mass is 10.2. The van der Waals surface area contributed by atoms with Crippen molar-refractivity contribution in [1.82, 2.24) is 9.78 Å². The standard InChI is InChI=1S/C12H12F3N3/c1-8-9(6-16)7-18(17-8)11-4-2-10(3-5-11)12(13,14)15/h2-5,7H,6,16H2,1H3. The fraction of sp³-hybridized carbons (Fsp3) is 0.250. The molecule has 3 nitrogen and oxygen atoms in total. The Labute approximate surface area is 102 Å². The Morgan fingerprint density at radius 1 is 1.22 bits per heavy atom. The third kappa shape index (κ3) is 2.38. The zero-order valence-electron chi connectivity index (χ0n) is 9.70. The molecule has 0 saturated carbocycles. The van der Waals surface area contributed by atoms with Crippen LogP contribution in [0.5, 0.6) is 0 Å². The molecule has 18 heavy (non-hydrogen) atoms. The van der Waals surface area contributed by atoms with E-state index in [9.17, 15) is 13.2 Å². The van der Waals surface area contributed by atoms with Crippen molar-refractivity contribution in [2.75, 3.05) is 0 Å². The van der Waals surface area contributed by atoms with Gasteiger partial charge in [-0.3, -0.25) is 0 Å². The molecule has 0 atom stereocenters. The van der Waals surface area contributed by atoms with Gasteiger partial charge in [-0.15, -0.1) is 0 Å². The molecule has 0 aliphatic rings. The Morgan fingerprint density at radius 2 is 1.83 bits per heavy atom. The van der Waals surface area contributed by atoms with Gasteiger partial charge in [0, 0.05) is 18.3 Å². The van der Waals surface area contributed by atoms with E-state index in [1.54, 1.807) is 6.20 Å². The lowest BCUT2D eigenvalue weighted by molar-refractivity contribution is -0.137. The first-order valence-electron chi connectivity index (χ1n) is 5.34. The molecule has 2 rings (SSSR count). The van der Waals surface area contributed by atoms with Crippen molar-refractivity contribution in [2.45, 2.75) is 19.6 Å². The maximum Gasteiger partial charge on any atom is 0.416 e. The number of benzene rings is 1. The van der Waals surface area contributed by atoms with E-state index >= 15 is 0 Å². The molecule has 6 heteroatoms. The smallest absolute Gasteiger partial charge is 0.326 e. The lowest BCUT2D eigenvalue weighted by Crippen LogP contribution is -2.05. The van der Waals surface area contributed by atoms with Gasteiger partial charge in [0.05, 0.1) is 16.9 Å². The van der Waals surface area contributed by atoms with Crippen molar-refractivity contribution in [3.8, 4) is 5.69 Å². The molecule has 0 aliphatic carbocycles. The average Bonchev–Trinajstić information content (AvgIpc) is 2.69. The molecule has 0 spiro atoms. The van der Waals surface area contributed by atoms with Crippen molar-refractivity contribution >= 4 is 0 Å². The number of hydrogen-bond donors (Lipinski definition) is 1. The Bertz CT molecular complexity index is 541. The van der Waals surface area contributed by atoms with Gasteiger partial charge in [0.15, 0.2) is 0 Å². The van der Waals surface area contributed by atoms with Crippen LogP contribution in [0.1, 0.15) is 16.8 Å². The topological polar surface area (TPSA) is 43.8 Å². The van der Waals surface area contributed by atoms with E-state index in [0.29, 0.717) is 12.2 Å². The summed E-state index contributed by atoms with van der Waals surface area (Å²) in [6.45, 7) is 2.16. The van der Waals surface area contributed by atoms with Gasteiger partial charge in [-0.1, -0.05) is 0 Å². The molecular weight excluding hydrogens is 243 g/mol. The summed E-state index contributed by atoms with van der Waals surface area (Å²) in [5.41, 5.74) is 7.07. The third-order valence-electron chi connectivity index (χ3n) is 2.68. The zero-order chi connectivity index (χ0) is 13.3. The highest BCUT2D eigenvalue weighted by atomic mass is 19.4. The fourth-order valence-electron chi connectivity index (χ4n) is 1.63. The highest BCUT2D eigenvalue weighted by molar-refractivity contribution is 5.36. The second kappa shape index (κ2) is 4.45. The van der Waals surface area contributed by atoms with Gasteiger partial charge >= 0.3 is 6.18 Å². The van der Waals surface area contributed by atoms with Crippen molar-refractivity contribution in [3.05, 3.63) is 47.3 Å². The summed E-state index contributed by atoms with van der Waals surface area (Å²) in [5.74, 6) is 0. The zero-order valence-corrected chi connectivity index (χ0v) is 9.70. The van der Waals surface area contributed by atoms with E-state index in [1.165, 1.54) is 16.8 Å². The van der Waals surface area contributed by atoms with E-state index in [1.807, 2.05) is 6.92 Å². The molecule has 2 aromatic rings. The summed E-state index contributed by atoms with van der Waals surface area (Å²) < 4.78 is 38.7. The van der Waals surface area contributed by atoms with Crippen LogP contribution >= 0.6 is 0 Å². The largest absolute Gasteiger partial charge is 0.416 e. The molecule has 0 fully saturated rings. The first-order valence-corrected chi connectivity index (χ1v) is 5.34. The Balaban J connectivity index is 2.34. The molecule has 0 amide bonds. The molecular formula is C12H12F3N3. The SMILES string of the molecule is Cc1nn(-c2ccc(C(F)(F)F)cc2)cc1CN. The lowest BCUT2D eigenvalue weighted by Gasteiger charge is -2.07. The highest BCUT2D eigenvalue weighted by Gasteiger charge is 2.30. The third-order valence-corrected chi connectivity index (χ3v) is 2.68. The second-order valence-corrected chi connectivity index (χ2v) is 3.93. The van der Waals surface area contributed by atoms with E-state index in [2.05, 4.69) is 5.10 Å². The monoisotopic (exact) mass is 255 g/mol. The number of rotatable bonds is 2. The van der Waals surface area contributed by atoms with Gasteiger partial charge in [-0.25, -0.2) is 4.68 Å². The van der Waals surface area contributed by atoms with E-state index in [-0.39, 0.29) is 0 Å². The minimum absolute atomic E-state index is 0.354. The highest BCUT2D eigenvalue weighted by Crippen LogP contribution is 2.29. The van der Waals surface area contributed by atoms with Crippen LogP contribution in [0.2, 0.25) is 0 Å². The van der Waals surface area contributed by atoms with Crippen LogP contribution in [0.3, 0.4) is 0 Å². The van der Waals surface area contributed by atoms with Crippen LogP contribution in [0, 0.1) is 6.92 Å². The van der Waals surface area contributed by atoms with Gasteiger partial charge in [0.1, 0.15) is 0 Å². The van der Waals surface area contributed by atoms with Gasteiger partial charge in [-0.05, 0) is 31.2 Å². The minimum atomic E-state index is -4.32. The predicted octanol–water partition coefficient (Wildman–Crippen LogP) is 2.66. The maximum absolute atomic E-state index is 12.4. The number of alkyl halides is 3. The number of aryl methyl sites for hydroxylation is 1. The van der Waals surface area contributed by atoms with Crippen LogP contribution in [0.15, 0.2) is 30.5 Å². The first kappa shape index (κ1) is 12.6. The molecule has 1 aromatic heterocycles. The summed E-state index contributed by atoms with van der Waals surface area (Å²) in [4.78, 5) is 0. The molecule has 0 saturated heterocycles. The second-order valence-electron chi connectivity index (χ2n) is 3.93. The summed E-state index contributed by atoms with van der Waals surface area (Å²) >= 11 is 0. The van der Waals surface area contributed by atoms with Gasteiger partial charge in [0.25, 0.3) is 0 Å². The van der Waals surface area contributed by atoms with Crippen molar-refractivity contribution in [2.24, 2.45) is 5.73 Å². The molecule has 0 aliphatic heterocycles. The normalized spacial score (nSPS) is 11.8. The van der Waals surface area contributed by atoms with Crippen LogP contribution in [0.4, 0.5) is 13.2 Å². The summed E-state index contributed by atoms with van der Waals surface area (Å²) in [6.07, 6.45) is -2.60. The average molecular weight is 255 g/mol. The number of hydrogen-bond acceptors (Lipinski definition) is 2. The minimum Gasteiger partial charge on any atom is -0.326 e. The predicted molar refractivity (Wildman–Crippen MR) is 61.2 cm³/mol. The quantitative estimate of drug-likeness (QED) is 0.896. The number of aromatic nitrogens is 2. The summed E-state index contributed by atoms with van der Waals surface area (Å²) in [5, 5.41) is 4.20. The van der Waals surface area contributed by atoms with E-state index < -0.39 is 11.7 Å². The van der Waals surface area contributed by atoms with Crippen LogP contribution in [-0.2, 0) is 12.7 Å². The molecule has 0 bridgehead atoms. The molecule has 0 unspecified atom stereocenters. The van der Waals surface area contributed by atoms with Crippen molar-refractivity contribution < 1.29 is 13.2 Å². The number of nitrogens with two attached hydrogens (primary N) is 1. The fourth-order valence-corrected chi connectivity index (χ4v) is 1.63. The molecule has 2 N–H and O–H groups in total. The Hall–Kier alpha value is -1.82.